The Balaban J connectivity index is 2.00. The molecule has 0 unspecified atom stereocenters. The van der Waals surface area contributed by atoms with Crippen molar-refractivity contribution >= 4 is 22.9 Å². The molecule has 3 N–H and O–H groups in total. The van der Waals surface area contributed by atoms with Crippen LogP contribution < -0.4 is 11.1 Å². The van der Waals surface area contributed by atoms with E-state index in [0.29, 0.717) is 12.2 Å². The number of benzene rings is 1. The minimum absolute atomic E-state index is 0.207. The number of hydrogen-bond donors (Lipinski definition) is 2. The highest BCUT2D eigenvalue weighted by molar-refractivity contribution is 7.09. The fraction of sp³-hybridized carbons (Fsp3) is 0.286. The van der Waals surface area contributed by atoms with Crippen LogP contribution in [0, 0.1) is 0 Å². The van der Waals surface area contributed by atoms with Crippen LogP contribution in [0.3, 0.4) is 0 Å². The van der Waals surface area contributed by atoms with Gasteiger partial charge in [0, 0.05) is 24.2 Å². The number of nitrogens with zero attached hydrogens (tertiary/aromatic N) is 2. The number of nitrogens with two attached hydrogens (primary N) is 1. The first kappa shape index (κ1) is 14.6. The average molecular weight is 290 g/mol. The molecule has 2 aromatic rings. The van der Waals surface area contributed by atoms with Crippen molar-refractivity contribution in [1.82, 2.24) is 9.88 Å². The van der Waals surface area contributed by atoms with Crippen LogP contribution >= 0.6 is 11.3 Å². The Bertz CT molecular complexity index is 577. The number of nitrogens with one attached hydrogen (secondary N) is 1. The Morgan fingerprint density at radius 1 is 1.35 bits per heavy atom. The van der Waals surface area contributed by atoms with Gasteiger partial charge in [0.15, 0.2) is 0 Å². The summed E-state index contributed by atoms with van der Waals surface area (Å²) in [5.41, 5.74) is 7.86. The van der Waals surface area contributed by atoms with Crippen molar-refractivity contribution in [1.29, 1.82) is 0 Å². The van der Waals surface area contributed by atoms with Gasteiger partial charge < -0.3 is 16.0 Å². The van der Waals surface area contributed by atoms with Crippen molar-refractivity contribution < 1.29 is 4.79 Å². The lowest BCUT2D eigenvalue weighted by Crippen LogP contribution is -2.13. The van der Waals surface area contributed by atoms with Crippen LogP contribution in [-0.4, -0.2) is 29.9 Å². The minimum Gasteiger partial charge on any atom is -0.325 e. The third kappa shape index (κ3) is 3.86. The highest BCUT2D eigenvalue weighted by Crippen LogP contribution is 2.14. The van der Waals surface area contributed by atoms with E-state index in [1.165, 1.54) is 16.9 Å². The zero-order chi connectivity index (χ0) is 14.5. The molecule has 1 heterocycles. The maximum absolute atomic E-state index is 12.0. The first-order valence-electron chi connectivity index (χ1n) is 6.28. The Morgan fingerprint density at radius 3 is 2.60 bits per heavy atom. The van der Waals surface area contributed by atoms with E-state index in [-0.39, 0.29) is 5.91 Å². The van der Waals surface area contributed by atoms with Gasteiger partial charge in [-0.3, -0.25) is 4.79 Å². The molecule has 20 heavy (non-hydrogen) atoms. The smallest absolute Gasteiger partial charge is 0.275 e. The summed E-state index contributed by atoms with van der Waals surface area (Å²) in [6.45, 7) is 1.23. The molecule has 0 fully saturated rings. The Morgan fingerprint density at radius 2 is 2.05 bits per heavy atom. The second kappa shape index (κ2) is 6.60. The van der Waals surface area contributed by atoms with E-state index < -0.39 is 0 Å². The summed E-state index contributed by atoms with van der Waals surface area (Å²) in [6.07, 6.45) is 0. The van der Waals surface area contributed by atoms with Gasteiger partial charge >= 0.3 is 0 Å². The van der Waals surface area contributed by atoms with Gasteiger partial charge in [0.05, 0.1) is 0 Å². The monoisotopic (exact) mass is 290 g/mol. The van der Waals surface area contributed by atoms with Crippen molar-refractivity contribution in [3.63, 3.8) is 0 Å². The molecule has 0 aliphatic heterocycles. The molecule has 0 saturated carbocycles. The molecule has 1 amide bonds. The van der Waals surface area contributed by atoms with Gasteiger partial charge in [-0.2, -0.15) is 0 Å². The molecule has 0 atom stereocenters. The lowest BCUT2D eigenvalue weighted by molar-refractivity contribution is 0.102. The Hall–Kier alpha value is -1.76. The molecule has 0 radical (unpaired) electrons. The molecule has 6 heteroatoms. The van der Waals surface area contributed by atoms with Gasteiger partial charge in [0.25, 0.3) is 5.91 Å². The molecular weight excluding hydrogens is 272 g/mol. The molecular formula is C14H18N4OS. The van der Waals surface area contributed by atoms with E-state index in [1.54, 1.807) is 5.38 Å². The molecule has 0 aliphatic rings. The third-order valence-electron chi connectivity index (χ3n) is 2.67. The summed E-state index contributed by atoms with van der Waals surface area (Å²) >= 11 is 1.40. The zero-order valence-electron chi connectivity index (χ0n) is 11.6. The summed E-state index contributed by atoms with van der Waals surface area (Å²) < 4.78 is 0. The van der Waals surface area contributed by atoms with Crippen molar-refractivity contribution in [3.05, 3.63) is 45.9 Å². The van der Waals surface area contributed by atoms with Crippen molar-refractivity contribution in [2.75, 3.05) is 19.4 Å². The molecule has 0 aliphatic carbocycles. The standard InChI is InChI=1S/C14H18N4OS/c1-18(2)8-10-3-5-11(6-4-10)16-14(19)12-9-20-13(7-15)17-12/h3-6,9H,7-8,15H2,1-2H3,(H,16,19). The van der Waals surface area contributed by atoms with Crippen LogP contribution in [0.2, 0.25) is 0 Å². The molecule has 106 valence electrons. The highest BCUT2D eigenvalue weighted by atomic mass is 32.1. The SMILES string of the molecule is CN(C)Cc1ccc(NC(=O)c2csc(CN)n2)cc1. The van der Waals surface area contributed by atoms with Crippen molar-refractivity contribution in [2.24, 2.45) is 5.73 Å². The van der Waals surface area contributed by atoms with Crippen LogP contribution in [0.25, 0.3) is 0 Å². The van der Waals surface area contributed by atoms with Crippen LogP contribution in [0.1, 0.15) is 21.1 Å². The van der Waals surface area contributed by atoms with Crippen molar-refractivity contribution in [2.45, 2.75) is 13.1 Å². The van der Waals surface area contributed by atoms with Gasteiger partial charge in [0.1, 0.15) is 10.7 Å². The van der Waals surface area contributed by atoms with E-state index in [9.17, 15) is 4.79 Å². The van der Waals surface area contributed by atoms with Gasteiger partial charge in [-0.1, -0.05) is 12.1 Å². The predicted octanol–water partition coefficient (Wildman–Crippen LogP) is 1.92. The van der Waals surface area contributed by atoms with Gasteiger partial charge in [0.2, 0.25) is 0 Å². The fourth-order valence-electron chi connectivity index (χ4n) is 1.76. The lowest BCUT2D eigenvalue weighted by Gasteiger charge is -2.10. The van der Waals surface area contributed by atoms with Crippen LogP contribution in [-0.2, 0) is 13.1 Å². The van der Waals surface area contributed by atoms with E-state index in [1.807, 2.05) is 38.4 Å². The first-order valence-corrected chi connectivity index (χ1v) is 7.16. The lowest BCUT2D eigenvalue weighted by atomic mass is 10.2. The van der Waals surface area contributed by atoms with Gasteiger partial charge in [-0.15, -0.1) is 11.3 Å². The summed E-state index contributed by atoms with van der Waals surface area (Å²) in [5, 5.41) is 5.31. The fourth-order valence-corrected chi connectivity index (χ4v) is 2.42. The second-order valence-corrected chi connectivity index (χ2v) is 5.66. The summed E-state index contributed by atoms with van der Waals surface area (Å²) in [7, 11) is 4.04. The minimum atomic E-state index is -0.207. The topological polar surface area (TPSA) is 71.2 Å². The highest BCUT2D eigenvalue weighted by Gasteiger charge is 2.10. The van der Waals surface area contributed by atoms with Crippen LogP contribution in [0.15, 0.2) is 29.6 Å². The molecule has 1 aromatic carbocycles. The number of hydrogen-bond acceptors (Lipinski definition) is 5. The zero-order valence-corrected chi connectivity index (χ0v) is 12.4. The maximum atomic E-state index is 12.0. The first-order chi connectivity index (χ1) is 9.58. The number of aromatic nitrogens is 1. The predicted molar refractivity (Wildman–Crippen MR) is 81.8 cm³/mol. The Kier molecular flexibility index (Phi) is 4.84. The van der Waals surface area contributed by atoms with E-state index in [4.69, 9.17) is 5.73 Å². The van der Waals surface area contributed by atoms with Gasteiger partial charge in [-0.05, 0) is 31.8 Å². The van der Waals surface area contributed by atoms with Crippen molar-refractivity contribution in [3.8, 4) is 0 Å². The quantitative estimate of drug-likeness (QED) is 0.882. The van der Waals surface area contributed by atoms with E-state index in [0.717, 1.165) is 17.2 Å². The maximum Gasteiger partial charge on any atom is 0.275 e. The van der Waals surface area contributed by atoms with Gasteiger partial charge in [-0.25, -0.2) is 4.98 Å². The Labute approximate surface area is 122 Å². The van der Waals surface area contributed by atoms with E-state index in [2.05, 4.69) is 15.2 Å². The summed E-state index contributed by atoms with van der Waals surface area (Å²) in [6, 6.07) is 7.80. The molecule has 0 spiro atoms. The molecule has 2 rings (SSSR count). The van der Waals surface area contributed by atoms with E-state index >= 15 is 0 Å². The number of thiazole rings is 1. The number of amides is 1. The molecule has 0 saturated heterocycles. The molecule has 1 aromatic heterocycles. The summed E-state index contributed by atoms with van der Waals surface area (Å²) in [5.74, 6) is -0.207. The average Bonchev–Trinajstić information content (AvgIpc) is 2.89. The number of carbonyl (C=O) groups is 1. The van der Waals surface area contributed by atoms with Crippen LogP contribution in [0.5, 0.6) is 0 Å². The normalized spacial score (nSPS) is 10.8. The number of anilines is 1. The molecule has 5 nitrogen and oxygen atoms in total. The second-order valence-electron chi connectivity index (χ2n) is 4.72. The largest absolute Gasteiger partial charge is 0.325 e. The number of carbonyl (C=O) groups excluding carboxylic acids is 1. The number of rotatable bonds is 5. The van der Waals surface area contributed by atoms with Crippen LogP contribution in [0.4, 0.5) is 5.69 Å². The third-order valence-corrected chi connectivity index (χ3v) is 3.54. The molecule has 0 bridgehead atoms. The summed E-state index contributed by atoms with van der Waals surface area (Å²) in [4.78, 5) is 18.2.